The summed E-state index contributed by atoms with van der Waals surface area (Å²) >= 11 is 1.83. The molecule has 0 unspecified atom stereocenters. The second-order valence-electron chi connectivity index (χ2n) is 4.31. The summed E-state index contributed by atoms with van der Waals surface area (Å²) in [4.78, 5) is 11.7. The van der Waals surface area contributed by atoms with E-state index in [1.807, 2.05) is 11.8 Å². The Balaban J connectivity index is 2.18. The van der Waals surface area contributed by atoms with Crippen molar-refractivity contribution in [1.29, 1.82) is 5.26 Å². The average Bonchev–Trinajstić information content (AvgIpc) is 2.43. The fourth-order valence-electron chi connectivity index (χ4n) is 1.57. The summed E-state index contributed by atoms with van der Waals surface area (Å²) in [5.74, 6) is 2.04. The molecule has 0 aliphatic carbocycles. The van der Waals surface area contributed by atoms with Gasteiger partial charge < -0.3 is 5.32 Å². The number of carbonyl (C=O) groups is 1. The van der Waals surface area contributed by atoms with Crippen LogP contribution in [0.4, 0.5) is 5.69 Å². The highest BCUT2D eigenvalue weighted by molar-refractivity contribution is 7.99. The Bertz CT molecular complexity index is 423. The molecule has 0 saturated carbocycles. The molecule has 0 fully saturated rings. The van der Waals surface area contributed by atoms with E-state index < -0.39 is 0 Å². The molecule has 3 nitrogen and oxygen atoms in total. The summed E-state index contributed by atoms with van der Waals surface area (Å²) in [6.45, 7) is 2.19. The molecule has 1 rings (SSSR count). The van der Waals surface area contributed by atoms with E-state index in [1.54, 1.807) is 24.3 Å². The van der Waals surface area contributed by atoms with Crippen molar-refractivity contribution >= 4 is 23.4 Å². The fraction of sp³-hybridized carbons (Fsp3) is 0.467. The van der Waals surface area contributed by atoms with Gasteiger partial charge in [0.25, 0.3) is 0 Å². The van der Waals surface area contributed by atoms with E-state index in [1.165, 1.54) is 19.3 Å². The number of benzene rings is 1. The molecular weight excluding hydrogens is 256 g/mol. The second kappa shape index (κ2) is 9.46. The standard InChI is InChI=1S/C15H20N2OS/c1-2-3-4-10-19-11-9-15(18)17-14-7-5-13(12-16)6-8-14/h5-8H,2-4,9-11H2,1H3,(H,17,18). The van der Waals surface area contributed by atoms with Gasteiger partial charge in [0, 0.05) is 17.9 Å². The molecule has 0 radical (unpaired) electrons. The lowest BCUT2D eigenvalue weighted by Crippen LogP contribution is -2.12. The molecule has 0 heterocycles. The zero-order valence-corrected chi connectivity index (χ0v) is 12.1. The number of nitrogens with zero attached hydrogens (tertiary/aromatic N) is 1. The van der Waals surface area contributed by atoms with E-state index in [9.17, 15) is 4.79 Å². The molecule has 1 amide bonds. The number of anilines is 1. The minimum absolute atomic E-state index is 0.0349. The van der Waals surface area contributed by atoms with Crippen LogP contribution >= 0.6 is 11.8 Å². The van der Waals surface area contributed by atoms with Crippen LogP contribution in [0.2, 0.25) is 0 Å². The topological polar surface area (TPSA) is 52.9 Å². The maximum atomic E-state index is 11.7. The van der Waals surface area contributed by atoms with Gasteiger partial charge in [-0.25, -0.2) is 0 Å². The van der Waals surface area contributed by atoms with Gasteiger partial charge in [0.15, 0.2) is 0 Å². The van der Waals surface area contributed by atoms with E-state index in [-0.39, 0.29) is 5.91 Å². The van der Waals surface area contributed by atoms with Gasteiger partial charge in [0.1, 0.15) is 0 Å². The Morgan fingerprint density at radius 1 is 1.26 bits per heavy atom. The largest absolute Gasteiger partial charge is 0.326 e. The van der Waals surface area contributed by atoms with Crippen molar-refractivity contribution in [1.82, 2.24) is 0 Å². The van der Waals surface area contributed by atoms with E-state index in [0.29, 0.717) is 12.0 Å². The number of carbonyl (C=O) groups excluding carboxylic acids is 1. The van der Waals surface area contributed by atoms with Crippen LogP contribution in [0.1, 0.15) is 38.2 Å². The van der Waals surface area contributed by atoms with Crippen LogP contribution in [0.15, 0.2) is 24.3 Å². The summed E-state index contributed by atoms with van der Waals surface area (Å²) in [6, 6.07) is 8.97. The predicted molar refractivity (Wildman–Crippen MR) is 81.3 cm³/mol. The van der Waals surface area contributed by atoms with Gasteiger partial charge in [-0.1, -0.05) is 19.8 Å². The number of nitrogens with one attached hydrogen (secondary N) is 1. The van der Waals surface area contributed by atoms with Crippen molar-refractivity contribution in [2.75, 3.05) is 16.8 Å². The Morgan fingerprint density at radius 2 is 2.00 bits per heavy atom. The lowest BCUT2D eigenvalue weighted by molar-refractivity contribution is -0.115. The molecule has 0 aliphatic heterocycles. The highest BCUT2D eigenvalue weighted by atomic mass is 32.2. The number of amides is 1. The second-order valence-corrected chi connectivity index (χ2v) is 5.53. The molecule has 1 N–H and O–H groups in total. The number of unbranched alkanes of at least 4 members (excludes halogenated alkanes) is 2. The summed E-state index contributed by atoms with van der Waals surface area (Å²) in [5, 5.41) is 11.5. The van der Waals surface area contributed by atoms with E-state index in [0.717, 1.165) is 17.2 Å². The van der Waals surface area contributed by atoms with Gasteiger partial charge in [0.05, 0.1) is 11.6 Å². The molecule has 0 bridgehead atoms. The first kappa shape index (κ1) is 15.6. The van der Waals surface area contributed by atoms with Gasteiger partial charge in [-0.15, -0.1) is 0 Å². The number of hydrogen-bond acceptors (Lipinski definition) is 3. The van der Waals surface area contributed by atoms with E-state index >= 15 is 0 Å². The molecule has 102 valence electrons. The van der Waals surface area contributed by atoms with Crippen LogP contribution < -0.4 is 5.32 Å². The number of thioether (sulfide) groups is 1. The smallest absolute Gasteiger partial charge is 0.225 e. The zero-order valence-electron chi connectivity index (χ0n) is 11.3. The van der Waals surface area contributed by atoms with Crippen molar-refractivity contribution in [2.24, 2.45) is 0 Å². The summed E-state index contributed by atoms with van der Waals surface area (Å²) < 4.78 is 0. The molecule has 19 heavy (non-hydrogen) atoms. The van der Waals surface area contributed by atoms with Gasteiger partial charge >= 0.3 is 0 Å². The fourth-order valence-corrected chi connectivity index (χ4v) is 2.51. The molecular formula is C15H20N2OS. The monoisotopic (exact) mass is 276 g/mol. The third-order valence-corrected chi connectivity index (χ3v) is 3.73. The number of rotatable bonds is 8. The lowest BCUT2D eigenvalue weighted by atomic mass is 10.2. The molecule has 0 aliphatic rings. The van der Waals surface area contributed by atoms with Gasteiger partial charge in [-0.2, -0.15) is 17.0 Å². The van der Waals surface area contributed by atoms with Crippen molar-refractivity contribution in [3.05, 3.63) is 29.8 Å². The number of hydrogen-bond donors (Lipinski definition) is 1. The third-order valence-electron chi connectivity index (χ3n) is 2.66. The molecule has 1 aromatic carbocycles. The summed E-state index contributed by atoms with van der Waals surface area (Å²) in [7, 11) is 0. The highest BCUT2D eigenvalue weighted by Crippen LogP contribution is 2.11. The molecule has 0 saturated heterocycles. The summed E-state index contributed by atoms with van der Waals surface area (Å²) in [6.07, 6.45) is 4.28. The first-order valence-electron chi connectivity index (χ1n) is 6.64. The van der Waals surface area contributed by atoms with Crippen molar-refractivity contribution in [2.45, 2.75) is 32.6 Å². The van der Waals surface area contributed by atoms with Gasteiger partial charge in [-0.05, 0) is 36.4 Å². The Hall–Kier alpha value is -1.47. The van der Waals surface area contributed by atoms with Crippen LogP contribution in [0.25, 0.3) is 0 Å². The molecule has 0 aromatic heterocycles. The molecule has 0 atom stereocenters. The first-order valence-corrected chi connectivity index (χ1v) is 7.79. The minimum atomic E-state index is 0.0349. The van der Waals surface area contributed by atoms with Gasteiger partial charge in [-0.3, -0.25) is 4.79 Å². The first-order chi connectivity index (χ1) is 9.26. The SMILES string of the molecule is CCCCCSCCC(=O)Nc1ccc(C#N)cc1. The summed E-state index contributed by atoms with van der Waals surface area (Å²) in [5.41, 5.74) is 1.35. The van der Waals surface area contributed by atoms with Crippen molar-refractivity contribution in [3.8, 4) is 6.07 Å². The van der Waals surface area contributed by atoms with E-state index in [4.69, 9.17) is 5.26 Å². The lowest BCUT2D eigenvalue weighted by Gasteiger charge is -2.05. The zero-order chi connectivity index (χ0) is 13.9. The van der Waals surface area contributed by atoms with Crippen molar-refractivity contribution < 1.29 is 4.79 Å². The van der Waals surface area contributed by atoms with Gasteiger partial charge in [0.2, 0.25) is 5.91 Å². The average molecular weight is 276 g/mol. The molecule has 4 heteroatoms. The third kappa shape index (κ3) is 6.88. The minimum Gasteiger partial charge on any atom is -0.326 e. The Morgan fingerprint density at radius 3 is 2.63 bits per heavy atom. The quantitative estimate of drug-likeness (QED) is 0.734. The Labute approximate surface area is 119 Å². The number of nitriles is 1. The van der Waals surface area contributed by atoms with Crippen LogP contribution in [-0.2, 0) is 4.79 Å². The van der Waals surface area contributed by atoms with Crippen LogP contribution in [0.3, 0.4) is 0 Å². The molecule has 0 spiro atoms. The normalized spacial score (nSPS) is 9.89. The van der Waals surface area contributed by atoms with Crippen LogP contribution in [-0.4, -0.2) is 17.4 Å². The van der Waals surface area contributed by atoms with Crippen LogP contribution in [0.5, 0.6) is 0 Å². The van der Waals surface area contributed by atoms with Crippen molar-refractivity contribution in [3.63, 3.8) is 0 Å². The van der Waals surface area contributed by atoms with Crippen LogP contribution in [0, 0.1) is 11.3 Å². The molecule has 1 aromatic rings. The Kier molecular flexibility index (Phi) is 7.76. The maximum Gasteiger partial charge on any atom is 0.225 e. The highest BCUT2D eigenvalue weighted by Gasteiger charge is 2.02. The predicted octanol–water partition coefficient (Wildman–Crippen LogP) is 3.81. The maximum absolute atomic E-state index is 11.7. The van der Waals surface area contributed by atoms with E-state index in [2.05, 4.69) is 18.3 Å².